The van der Waals surface area contributed by atoms with Gasteiger partial charge in [0.05, 0.1) is 12.0 Å². The van der Waals surface area contributed by atoms with Crippen molar-refractivity contribution in [3.8, 4) is 5.75 Å². The van der Waals surface area contributed by atoms with E-state index in [1.54, 1.807) is 6.92 Å². The summed E-state index contributed by atoms with van der Waals surface area (Å²) in [5.74, 6) is -6.08. The number of H-pyrrole nitrogens is 1. The van der Waals surface area contributed by atoms with Crippen LogP contribution in [0.15, 0.2) is 23.0 Å². The van der Waals surface area contributed by atoms with E-state index in [0.717, 1.165) is 12.1 Å². The van der Waals surface area contributed by atoms with Gasteiger partial charge in [-0.2, -0.15) is 0 Å². The van der Waals surface area contributed by atoms with Crippen molar-refractivity contribution in [3.63, 3.8) is 0 Å². The molecule has 1 atom stereocenters. The van der Waals surface area contributed by atoms with Gasteiger partial charge in [0, 0.05) is 17.7 Å². The van der Waals surface area contributed by atoms with E-state index in [1.165, 1.54) is 6.07 Å². The SMILES string of the molecule is Cc1cc2c(c(=O)[nH]1)[C@H](c1ccc(F)c(F)c1F)CC(=O)O2. The van der Waals surface area contributed by atoms with Crippen LogP contribution < -0.4 is 10.3 Å². The van der Waals surface area contributed by atoms with Gasteiger partial charge in [-0.1, -0.05) is 6.07 Å². The quantitative estimate of drug-likeness (QED) is 0.650. The minimum absolute atomic E-state index is 0.00614. The standard InChI is InChI=1S/C15H10F3NO3/c1-6-4-10-12(15(21)19-6)8(5-11(20)22-10)7-2-3-9(16)14(18)13(7)17/h2-4,8H,5H2,1H3,(H,19,21)/t8-/m0/s1. The maximum absolute atomic E-state index is 14.0. The zero-order chi connectivity index (χ0) is 16.0. The minimum Gasteiger partial charge on any atom is -0.426 e. The molecule has 1 N–H and O–H groups in total. The fourth-order valence-corrected chi connectivity index (χ4v) is 2.59. The number of halogens is 3. The number of benzene rings is 1. The topological polar surface area (TPSA) is 59.2 Å². The molecule has 7 heteroatoms. The Bertz CT molecular complexity index is 845. The number of pyridine rings is 1. The van der Waals surface area contributed by atoms with E-state index in [-0.39, 0.29) is 23.3 Å². The Morgan fingerprint density at radius 1 is 1.18 bits per heavy atom. The van der Waals surface area contributed by atoms with Crippen molar-refractivity contribution in [2.24, 2.45) is 0 Å². The first-order valence-electron chi connectivity index (χ1n) is 6.46. The third kappa shape index (κ3) is 2.18. The molecule has 0 saturated heterocycles. The van der Waals surface area contributed by atoms with Crippen LogP contribution in [0.2, 0.25) is 0 Å². The minimum atomic E-state index is -1.64. The first kappa shape index (κ1) is 14.4. The summed E-state index contributed by atoms with van der Waals surface area (Å²) in [6.45, 7) is 1.59. The Morgan fingerprint density at radius 2 is 1.91 bits per heavy atom. The Hall–Kier alpha value is -2.57. The van der Waals surface area contributed by atoms with Crippen LogP contribution in [0.4, 0.5) is 13.2 Å². The normalized spacial score (nSPS) is 17.1. The van der Waals surface area contributed by atoms with Gasteiger partial charge in [0.1, 0.15) is 5.75 Å². The number of fused-ring (bicyclic) bond motifs is 1. The van der Waals surface area contributed by atoms with E-state index in [0.29, 0.717) is 5.69 Å². The largest absolute Gasteiger partial charge is 0.426 e. The molecule has 0 radical (unpaired) electrons. The van der Waals surface area contributed by atoms with E-state index >= 15 is 0 Å². The van der Waals surface area contributed by atoms with E-state index in [4.69, 9.17) is 4.74 Å². The molecular weight excluding hydrogens is 299 g/mol. The van der Waals surface area contributed by atoms with E-state index in [1.807, 2.05) is 0 Å². The zero-order valence-corrected chi connectivity index (χ0v) is 11.4. The summed E-state index contributed by atoms with van der Waals surface area (Å²) in [5.41, 5.74) is -0.333. The van der Waals surface area contributed by atoms with Crippen LogP contribution in [-0.4, -0.2) is 11.0 Å². The first-order valence-corrected chi connectivity index (χ1v) is 6.46. The van der Waals surface area contributed by atoms with E-state index < -0.39 is 34.9 Å². The molecule has 22 heavy (non-hydrogen) atoms. The molecule has 2 heterocycles. The molecule has 0 bridgehead atoms. The number of aryl methyl sites for hydroxylation is 1. The summed E-state index contributed by atoms with van der Waals surface area (Å²) in [6.07, 6.45) is -0.332. The van der Waals surface area contributed by atoms with Gasteiger partial charge in [0.2, 0.25) is 0 Å². The molecule has 1 aromatic carbocycles. The molecule has 0 saturated carbocycles. The molecule has 0 unspecified atom stereocenters. The van der Waals surface area contributed by atoms with Gasteiger partial charge >= 0.3 is 5.97 Å². The number of aromatic amines is 1. The molecule has 3 rings (SSSR count). The van der Waals surface area contributed by atoms with Gasteiger partial charge in [-0.05, 0) is 18.6 Å². The molecule has 114 valence electrons. The van der Waals surface area contributed by atoms with Gasteiger partial charge in [-0.25, -0.2) is 13.2 Å². The van der Waals surface area contributed by atoms with Crippen LogP contribution in [0.3, 0.4) is 0 Å². The van der Waals surface area contributed by atoms with Crippen LogP contribution in [0, 0.1) is 24.4 Å². The number of carbonyl (C=O) groups excluding carboxylic acids is 1. The molecule has 0 amide bonds. The molecule has 0 spiro atoms. The Labute approximate surface area is 122 Å². The number of hydrogen-bond donors (Lipinski definition) is 1. The second-order valence-corrected chi connectivity index (χ2v) is 5.05. The van der Waals surface area contributed by atoms with Gasteiger partial charge in [-0.15, -0.1) is 0 Å². The molecule has 4 nitrogen and oxygen atoms in total. The lowest BCUT2D eigenvalue weighted by atomic mass is 9.86. The maximum Gasteiger partial charge on any atom is 0.312 e. The lowest BCUT2D eigenvalue weighted by Gasteiger charge is -2.24. The fraction of sp³-hybridized carbons (Fsp3) is 0.200. The van der Waals surface area contributed by atoms with Crippen molar-refractivity contribution in [3.05, 3.63) is 62.8 Å². The highest BCUT2D eigenvalue weighted by molar-refractivity contribution is 5.77. The lowest BCUT2D eigenvalue weighted by Crippen LogP contribution is -2.29. The summed E-state index contributed by atoms with van der Waals surface area (Å²) in [4.78, 5) is 26.3. The van der Waals surface area contributed by atoms with Crippen LogP contribution >= 0.6 is 0 Å². The summed E-state index contributed by atoms with van der Waals surface area (Å²) in [5, 5.41) is 0. The predicted octanol–water partition coefficient (Wildman–Crippen LogP) is 2.54. The van der Waals surface area contributed by atoms with Crippen LogP contribution in [0.25, 0.3) is 0 Å². The van der Waals surface area contributed by atoms with Crippen molar-refractivity contribution in [2.75, 3.05) is 0 Å². The summed E-state index contributed by atoms with van der Waals surface area (Å²) in [6, 6.07) is 3.22. The van der Waals surface area contributed by atoms with Gasteiger partial charge in [-0.3, -0.25) is 9.59 Å². The maximum atomic E-state index is 14.0. The third-order valence-electron chi connectivity index (χ3n) is 3.55. The van der Waals surface area contributed by atoms with Crippen molar-refractivity contribution in [2.45, 2.75) is 19.3 Å². The fourth-order valence-electron chi connectivity index (χ4n) is 2.59. The summed E-state index contributed by atoms with van der Waals surface area (Å²) in [7, 11) is 0. The molecule has 1 aliphatic rings. The number of esters is 1. The number of carbonyl (C=O) groups is 1. The monoisotopic (exact) mass is 309 g/mol. The lowest BCUT2D eigenvalue weighted by molar-refractivity contribution is -0.135. The highest BCUT2D eigenvalue weighted by Gasteiger charge is 2.34. The molecular formula is C15H10F3NO3. The molecule has 2 aromatic rings. The summed E-state index contributed by atoms with van der Waals surface area (Å²) >= 11 is 0. The van der Waals surface area contributed by atoms with E-state index in [2.05, 4.69) is 4.98 Å². The second kappa shape index (κ2) is 5.01. The zero-order valence-electron chi connectivity index (χ0n) is 11.4. The van der Waals surface area contributed by atoms with Gasteiger partial charge < -0.3 is 9.72 Å². The van der Waals surface area contributed by atoms with Crippen LogP contribution in [0.1, 0.15) is 29.2 Å². The molecule has 0 fully saturated rings. The number of ether oxygens (including phenoxy) is 1. The van der Waals surface area contributed by atoms with Crippen molar-refractivity contribution >= 4 is 5.97 Å². The average Bonchev–Trinajstić information content (AvgIpc) is 2.43. The number of aromatic nitrogens is 1. The van der Waals surface area contributed by atoms with Crippen LogP contribution in [-0.2, 0) is 4.79 Å². The first-order chi connectivity index (χ1) is 10.4. The highest BCUT2D eigenvalue weighted by atomic mass is 19.2. The highest BCUT2D eigenvalue weighted by Crippen LogP contribution is 2.38. The molecule has 1 aliphatic heterocycles. The van der Waals surface area contributed by atoms with Crippen molar-refractivity contribution in [1.82, 2.24) is 4.98 Å². The number of hydrogen-bond acceptors (Lipinski definition) is 3. The van der Waals surface area contributed by atoms with Crippen molar-refractivity contribution < 1.29 is 22.7 Å². The van der Waals surface area contributed by atoms with Crippen molar-refractivity contribution in [1.29, 1.82) is 0 Å². The number of rotatable bonds is 1. The van der Waals surface area contributed by atoms with Gasteiger partial charge in [0.25, 0.3) is 5.56 Å². The number of nitrogens with one attached hydrogen (secondary N) is 1. The Kier molecular flexibility index (Phi) is 3.27. The third-order valence-corrected chi connectivity index (χ3v) is 3.55. The predicted molar refractivity (Wildman–Crippen MR) is 70.2 cm³/mol. The molecule has 1 aromatic heterocycles. The molecule has 0 aliphatic carbocycles. The smallest absolute Gasteiger partial charge is 0.312 e. The Balaban J connectivity index is 2.24. The second-order valence-electron chi connectivity index (χ2n) is 5.05. The van der Waals surface area contributed by atoms with Gasteiger partial charge in [0.15, 0.2) is 17.5 Å². The Morgan fingerprint density at radius 3 is 2.64 bits per heavy atom. The average molecular weight is 309 g/mol. The van der Waals surface area contributed by atoms with Crippen LogP contribution in [0.5, 0.6) is 5.75 Å². The van der Waals surface area contributed by atoms with E-state index in [9.17, 15) is 22.8 Å². The summed E-state index contributed by atoms with van der Waals surface area (Å²) < 4.78 is 45.5.